The molecule has 1 aliphatic rings. The summed E-state index contributed by atoms with van der Waals surface area (Å²) in [5.74, 6) is -0.710. The van der Waals surface area contributed by atoms with E-state index in [1.807, 2.05) is 0 Å². The van der Waals surface area contributed by atoms with Gasteiger partial charge in [-0.2, -0.15) is 0 Å². The first-order valence-corrected chi connectivity index (χ1v) is 8.05. The summed E-state index contributed by atoms with van der Waals surface area (Å²) in [5.41, 5.74) is 6.72. The number of nitrogens with zero attached hydrogens (tertiary/aromatic N) is 2. The zero-order valence-corrected chi connectivity index (χ0v) is 13.6. The fourth-order valence-electron chi connectivity index (χ4n) is 2.39. The molecular formula is C15H15FN4O3S. The van der Waals surface area contributed by atoms with Gasteiger partial charge in [0.25, 0.3) is 0 Å². The molecule has 1 atom stereocenters. The molecule has 0 aliphatic carbocycles. The van der Waals surface area contributed by atoms with Crippen LogP contribution < -0.4 is 16.0 Å². The quantitative estimate of drug-likeness (QED) is 0.879. The maximum Gasteiger partial charge on any atom is 0.414 e. The molecule has 0 saturated carbocycles. The second-order valence-electron chi connectivity index (χ2n) is 5.29. The van der Waals surface area contributed by atoms with Crippen LogP contribution in [0.2, 0.25) is 0 Å². The Hall–Kier alpha value is -2.68. The number of nitrogens with one attached hydrogen (secondary N) is 1. The number of carbonyl (C=O) groups excluding carboxylic acids is 2. The minimum absolute atomic E-state index is 0.206. The van der Waals surface area contributed by atoms with E-state index in [2.05, 4.69) is 10.3 Å². The van der Waals surface area contributed by atoms with Crippen molar-refractivity contribution in [3.8, 4) is 11.3 Å². The third kappa shape index (κ3) is 3.30. The molecule has 7 nitrogen and oxygen atoms in total. The van der Waals surface area contributed by atoms with Gasteiger partial charge in [-0.25, -0.2) is 14.2 Å². The molecule has 0 radical (unpaired) electrons. The molecule has 0 spiro atoms. The number of carbonyl (C=O) groups is 2. The maximum atomic E-state index is 14.4. The first-order chi connectivity index (χ1) is 11.4. The molecular weight excluding hydrogens is 335 g/mol. The van der Waals surface area contributed by atoms with Gasteiger partial charge in [-0.1, -0.05) is 0 Å². The molecule has 0 bridgehead atoms. The Bertz CT molecular complexity index is 795. The van der Waals surface area contributed by atoms with Crippen molar-refractivity contribution in [2.75, 3.05) is 23.7 Å². The number of rotatable bonds is 4. The number of anilines is 2. The Morgan fingerprint density at radius 3 is 3.00 bits per heavy atom. The largest absolute Gasteiger partial charge is 0.442 e. The topological polar surface area (TPSA) is 97.5 Å². The van der Waals surface area contributed by atoms with Crippen molar-refractivity contribution < 1.29 is 18.7 Å². The third-order valence-corrected chi connectivity index (χ3v) is 4.19. The van der Waals surface area contributed by atoms with Crippen LogP contribution in [-0.2, 0) is 9.53 Å². The van der Waals surface area contributed by atoms with Crippen LogP contribution in [0.15, 0.2) is 23.6 Å². The van der Waals surface area contributed by atoms with Gasteiger partial charge in [0.2, 0.25) is 5.91 Å². The molecule has 3 N–H and O–H groups in total. The fraction of sp³-hybridized carbons (Fsp3) is 0.267. The lowest BCUT2D eigenvalue weighted by atomic mass is 10.1. The van der Waals surface area contributed by atoms with E-state index < -0.39 is 18.0 Å². The summed E-state index contributed by atoms with van der Waals surface area (Å²) in [4.78, 5) is 28.2. The number of ether oxygens (including phenoxy) is 1. The van der Waals surface area contributed by atoms with Crippen LogP contribution in [0.3, 0.4) is 0 Å². The van der Waals surface area contributed by atoms with Crippen molar-refractivity contribution in [2.45, 2.75) is 13.0 Å². The van der Waals surface area contributed by atoms with Crippen LogP contribution in [-0.4, -0.2) is 36.2 Å². The van der Waals surface area contributed by atoms with Crippen LogP contribution >= 0.6 is 11.3 Å². The average Bonchev–Trinajstić information content (AvgIpc) is 3.11. The monoisotopic (exact) mass is 350 g/mol. The standard InChI is InChI=1S/C15H15FN4O3S/c1-8(21)18-5-10-6-20(15(22)23-10)9-2-3-11(12(16)4-9)13-7-24-14(17)19-13/h2-4,7,10H,5-6H2,1H3,(H2,17,19)(H,18,21). The highest BCUT2D eigenvalue weighted by atomic mass is 32.1. The number of hydrogen-bond donors (Lipinski definition) is 2. The molecule has 2 aromatic rings. The molecule has 3 rings (SSSR count). The lowest BCUT2D eigenvalue weighted by molar-refractivity contribution is -0.119. The van der Waals surface area contributed by atoms with Gasteiger partial charge in [-0.3, -0.25) is 9.69 Å². The second-order valence-corrected chi connectivity index (χ2v) is 6.18. The zero-order valence-electron chi connectivity index (χ0n) is 12.8. The summed E-state index contributed by atoms with van der Waals surface area (Å²) in [6, 6.07) is 4.43. The number of benzene rings is 1. The van der Waals surface area contributed by atoms with Crippen LogP contribution in [0.4, 0.5) is 20.0 Å². The van der Waals surface area contributed by atoms with Gasteiger partial charge in [-0.15, -0.1) is 11.3 Å². The summed E-state index contributed by atoms with van der Waals surface area (Å²) >= 11 is 1.23. The number of aromatic nitrogens is 1. The van der Waals surface area contributed by atoms with Crippen LogP contribution in [0.5, 0.6) is 0 Å². The zero-order chi connectivity index (χ0) is 17.3. The lowest BCUT2D eigenvalue weighted by Gasteiger charge is -2.14. The van der Waals surface area contributed by atoms with Gasteiger partial charge in [0.1, 0.15) is 11.9 Å². The Morgan fingerprint density at radius 2 is 2.38 bits per heavy atom. The summed E-state index contributed by atoms with van der Waals surface area (Å²) in [6.07, 6.45) is -1.04. The van der Waals surface area contributed by atoms with E-state index in [9.17, 15) is 14.0 Å². The number of nitrogens with two attached hydrogens (primary N) is 1. The van der Waals surface area contributed by atoms with E-state index in [-0.39, 0.29) is 19.0 Å². The molecule has 126 valence electrons. The van der Waals surface area contributed by atoms with Crippen molar-refractivity contribution in [3.05, 3.63) is 29.4 Å². The predicted octanol–water partition coefficient (Wildman–Crippen LogP) is 1.99. The van der Waals surface area contributed by atoms with Gasteiger partial charge < -0.3 is 15.8 Å². The number of nitrogen functional groups attached to an aromatic ring is 1. The van der Waals surface area contributed by atoms with Crippen molar-refractivity contribution >= 4 is 34.2 Å². The second kappa shape index (κ2) is 6.44. The number of hydrogen-bond acceptors (Lipinski definition) is 6. The molecule has 9 heteroatoms. The Kier molecular flexibility index (Phi) is 4.34. The SMILES string of the molecule is CC(=O)NCC1CN(c2ccc(-c3csc(N)n3)c(F)c2)C(=O)O1. The Morgan fingerprint density at radius 1 is 1.58 bits per heavy atom. The third-order valence-electron chi connectivity index (χ3n) is 3.52. The van der Waals surface area contributed by atoms with E-state index in [4.69, 9.17) is 10.5 Å². The van der Waals surface area contributed by atoms with Crippen LogP contribution in [0.25, 0.3) is 11.3 Å². The molecule has 1 aromatic carbocycles. The summed E-state index contributed by atoms with van der Waals surface area (Å²) in [7, 11) is 0. The number of cyclic esters (lactones) is 1. The van der Waals surface area contributed by atoms with Crippen molar-refractivity contribution in [1.82, 2.24) is 10.3 Å². The Balaban J connectivity index is 1.77. The smallest absolute Gasteiger partial charge is 0.414 e. The van der Waals surface area contributed by atoms with Gasteiger partial charge >= 0.3 is 6.09 Å². The minimum Gasteiger partial charge on any atom is -0.442 e. The maximum absolute atomic E-state index is 14.4. The number of amides is 2. The highest BCUT2D eigenvalue weighted by Gasteiger charge is 2.32. The molecule has 1 fully saturated rings. The number of halogens is 1. The van der Waals surface area contributed by atoms with E-state index in [1.54, 1.807) is 17.5 Å². The lowest BCUT2D eigenvalue weighted by Crippen LogP contribution is -2.33. The average molecular weight is 350 g/mol. The molecule has 1 unspecified atom stereocenters. The van der Waals surface area contributed by atoms with Gasteiger partial charge in [0, 0.05) is 17.9 Å². The van der Waals surface area contributed by atoms with E-state index in [0.717, 1.165) is 0 Å². The van der Waals surface area contributed by atoms with Crippen molar-refractivity contribution in [2.24, 2.45) is 0 Å². The predicted molar refractivity (Wildman–Crippen MR) is 88.2 cm³/mol. The molecule has 1 saturated heterocycles. The highest BCUT2D eigenvalue weighted by Crippen LogP contribution is 2.30. The van der Waals surface area contributed by atoms with E-state index in [0.29, 0.717) is 22.1 Å². The first-order valence-electron chi connectivity index (χ1n) is 7.17. The van der Waals surface area contributed by atoms with Crippen LogP contribution in [0.1, 0.15) is 6.92 Å². The summed E-state index contributed by atoms with van der Waals surface area (Å²) in [5, 5.41) is 4.61. The van der Waals surface area contributed by atoms with Gasteiger partial charge in [0.05, 0.1) is 24.5 Å². The van der Waals surface area contributed by atoms with Gasteiger partial charge in [-0.05, 0) is 18.2 Å². The van der Waals surface area contributed by atoms with Crippen LogP contribution in [0, 0.1) is 5.82 Å². The number of thiazole rings is 1. The molecule has 1 aromatic heterocycles. The molecule has 1 aliphatic heterocycles. The van der Waals surface area contributed by atoms with Gasteiger partial charge in [0.15, 0.2) is 5.13 Å². The molecule has 24 heavy (non-hydrogen) atoms. The van der Waals surface area contributed by atoms with Crippen molar-refractivity contribution in [3.63, 3.8) is 0 Å². The minimum atomic E-state index is -0.574. The van der Waals surface area contributed by atoms with Crippen molar-refractivity contribution in [1.29, 1.82) is 0 Å². The highest BCUT2D eigenvalue weighted by molar-refractivity contribution is 7.13. The first kappa shape index (κ1) is 16.2. The molecule has 2 heterocycles. The normalized spacial score (nSPS) is 17.0. The molecule has 2 amide bonds. The fourth-order valence-corrected chi connectivity index (χ4v) is 2.95. The van der Waals surface area contributed by atoms with E-state index >= 15 is 0 Å². The Labute approximate surface area is 141 Å². The van der Waals surface area contributed by atoms with E-state index in [1.165, 1.54) is 29.2 Å². The summed E-state index contributed by atoms with van der Waals surface area (Å²) < 4.78 is 19.5. The summed E-state index contributed by atoms with van der Waals surface area (Å²) in [6.45, 7) is 1.84.